The molecule has 3 aromatic carbocycles. The first-order valence-corrected chi connectivity index (χ1v) is 7.77. The summed E-state index contributed by atoms with van der Waals surface area (Å²) in [5.41, 5.74) is 3.54. The van der Waals surface area contributed by atoms with Crippen LogP contribution in [0.1, 0.15) is 24.1 Å². The summed E-state index contributed by atoms with van der Waals surface area (Å²) in [6.45, 7) is 1.79. The Balaban J connectivity index is 1.82. The number of nitrogens with zero attached hydrogens (tertiary/aromatic N) is 1. The van der Waals surface area contributed by atoms with Crippen molar-refractivity contribution in [3.05, 3.63) is 95.6 Å². The molecule has 0 amide bonds. The SMILES string of the molecule is CC(N=Cc1cccc(-c2ccccc2)c1)c1ccc(F)cc1F. The van der Waals surface area contributed by atoms with Crippen molar-refractivity contribution in [2.45, 2.75) is 13.0 Å². The molecular formula is C21H17F2N. The Morgan fingerprint density at radius 1 is 0.833 bits per heavy atom. The minimum Gasteiger partial charge on any atom is -0.285 e. The molecule has 1 unspecified atom stereocenters. The molecule has 0 aromatic heterocycles. The Kier molecular flexibility index (Phi) is 4.80. The molecule has 0 saturated carbocycles. The summed E-state index contributed by atoms with van der Waals surface area (Å²) in [5, 5.41) is 0. The quantitative estimate of drug-likeness (QED) is 0.538. The standard InChI is InChI=1S/C21H17F2N/c1-15(20-11-10-19(22)13-21(20)23)24-14-16-6-5-9-18(12-16)17-7-3-2-4-8-17/h2-15H,1H3. The fraction of sp³-hybridized carbons (Fsp3) is 0.0952. The largest absolute Gasteiger partial charge is 0.285 e. The minimum absolute atomic E-state index is 0.381. The van der Waals surface area contributed by atoms with Gasteiger partial charge in [-0.1, -0.05) is 54.6 Å². The van der Waals surface area contributed by atoms with Gasteiger partial charge in [-0.25, -0.2) is 8.78 Å². The molecular weight excluding hydrogens is 304 g/mol. The molecule has 0 fully saturated rings. The Morgan fingerprint density at radius 3 is 2.33 bits per heavy atom. The average Bonchev–Trinajstić information content (AvgIpc) is 2.61. The van der Waals surface area contributed by atoms with E-state index in [1.165, 1.54) is 12.1 Å². The minimum atomic E-state index is -0.581. The van der Waals surface area contributed by atoms with Crippen molar-refractivity contribution in [2.75, 3.05) is 0 Å². The topological polar surface area (TPSA) is 12.4 Å². The second-order valence-electron chi connectivity index (χ2n) is 5.61. The lowest BCUT2D eigenvalue weighted by Crippen LogP contribution is -1.96. The van der Waals surface area contributed by atoms with Crippen molar-refractivity contribution < 1.29 is 8.78 Å². The highest BCUT2D eigenvalue weighted by Crippen LogP contribution is 2.22. The van der Waals surface area contributed by atoms with Crippen molar-refractivity contribution >= 4 is 6.21 Å². The predicted octanol–water partition coefficient (Wildman–Crippen LogP) is 5.81. The number of benzene rings is 3. The number of hydrogen-bond acceptors (Lipinski definition) is 1. The lowest BCUT2D eigenvalue weighted by molar-refractivity contribution is 0.563. The van der Waals surface area contributed by atoms with E-state index in [-0.39, 0.29) is 6.04 Å². The van der Waals surface area contributed by atoms with E-state index in [4.69, 9.17) is 0 Å². The van der Waals surface area contributed by atoms with Gasteiger partial charge in [0.1, 0.15) is 11.6 Å². The van der Waals surface area contributed by atoms with Gasteiger partial charge in [0.25, 0.3) is 0 Å². The first-order chi connectivity index (χ1) is 11.6. The highest BCUT2D eigenvalue weighted by Gasteiger charge is 2.10. The second-order valence-corrected chi connectivity index (χ2v) is 5.61. The molecule has 120 valence electrons. The van der Waals surface area contributed by atoms with E-state index in [1.54, 1.807) is 13.1 Å². The number of aliphatic imine (C=N–C) groups is 1. The van der Waals surface area contributed by atoms with Crippen molar-refractivity contribution in [1.82, 2.24) is 0 Å². The summed E-state index contributed by atoms with van der Waals surface area (Å²) < 4.78 is 26.8. The van der Waals surface area contributed by atoms with Gasteiger partial charge in [0.2, 0.25) is 0 Å². The Morgan fingerprint density at radius 2 is 1.58 bits per heavy atom. The van der Waals surface area contributed by atoms with Gasteiger partial charge >= 0.3 is 0 Å². The van der Waals surface area contributed by atoms with Crippen LogP contribution in [0.5, 0.6) is 0 Å². The fourth-order valence-electron chi connectivity index (χ4n) is 2.55. The molecule has 0 bridgehead atoms. The van der Waals surface area contributed by atoms with Crippen molar-refractivity contribution in [3.8, 4) is 11.1 Å². The highest BCUT2D eigenvalue weighted by molar-refractivity contribution is 5.82. The van der Waals surface area contributed by atoms with Crippen LogP contribution in [0.15, 0.2) is 77.8 Å². The van der Waals surface area contributed by atoms with E-state index in [2.05, 4.69) is 4.99 Å². The van der Waals surface area contributed by atoms with Gasteiger partial charge in [-0.2, -0.15) is 0 Å². The van der Waals surface area contributed by atoms with Crippen LogP contribution in [0.2, 0.25) is 0 Å². The van der Waals surface area contributed by atoms with Crippen LogP contribution in [0.25, 0.3) is 11.1 Å². The maximum absolute atomic E-state index is 13.8. The van der Waals surface area contributed by atoms with Gasteiger partial charge < -0.3 is 0 Å². The van der Waals surface area contributed by atoms with E-state index in [9.17, 15) is 8.78 Å². The summed E-state index contributed by atoms with van der Waals surface area (Å²) >= 11 is 0. The van der Waals surface area contributed by atoms with Crippen LogP contribution < -0.4 is 0 Å². The van der Waals surface area contributed by atoms with Gasteiger partial charge in [-0.15, -0.1) is 0 Å². The van der Waals surface area contributed by atoms with Gasteiger partial charge in [-0.05, 0) is 35.7 Å². The Bertz CT molecular complexity index is 857. The lowest BCUT2D eigenvalue weighted by atomic mass is 10.0. The summed E-state index contributed by atoms with van der Waals surface area (Å²) in [6, 6.07) is 21.2. The monoisotopic (exact) mass is 321 g/mol. The highest BCUT2D eigenvalue weighted by atomic mass is 19.1. The number of rotatable bonds is 4. The van der Waals surface area contributed by atoms with Gasteiger partial charge in [0, 0.05) is 17.8 Å². The van der Waals surface area contributed by atoms with Crippen LogP contribution >= 0.6 is 0 Å². The van der Waals surface area contributed by atoms with E-state index >= 15 is 0 Å². The number of halogens is 2. The predicted molar refractivity (Wildman–Crippen MR) is 94.2 cm³/mol. The molecule has 1 atom stereocenters. The zero-order valence-electron chi connectivity index (χ0n) is 13.3. The number of hydrogen-bond donors (Lipinski definition) is 0. The molecule has 0 saturated heterocycles. The summed E-state index contributed by atoms with van der Waals surface area (Å²) in [5.74, 6) is -1.15. The fourth-order valence-corrected chi connectivity index (χ4v) is 2.55. The van der Waals surface area contributed by atoms with E-state index in [1.807, 2.05) is 54.6 Å². The zero-order valence-corrected chi connectivity index (χ0v) is 13.3. The van der Waals surface area contributed by atoms with E-state index in [0.717, 1.165) is 22.8 Å². The van der Waals surface area contributed by atoms with Crippen molar-refractivity contribution in [1.29, 1.82) is 0 Å². The smallest absolute Gasteiger partial charge is 0.131 e. The third-order valence-electron chi connectivity index (χ3n) is 3.85. The molecule has 0 N–H and O–H groups in total. The molecule has 24 heavy (non-hydrogen) atoms. The molecule has 0 aliphatic carbocycles. The maximum atomic E-state index is 13.8. The molecule has 3 aromatic rings. The van der Waals surface area contributed by atoms with Gasteiger partial charge in [0.05, 0.1) is 6.04 Å². The molecule has 1 nitrogen and oxygen atoms in total. The molecule has 0 heterocycles. The average molecular weight is 321 g/mol. The van der Waals surface area contributed by atoms with E-state index in [0.29, 0.717) is 5.56 Å². The molecule has 0 spiro atoms. The summed E-state index contributed by atoms with van der Waals surface area (Å²) in [4.78, 5) is 4.40. The van der Waals surface area contributed by atoms with Crippen LogP contribution in [0.4, 0.5) is 8.78 Å². The summed E-state index contributed by atoms with van der Waals surface area (Å²) in [6.07, 6.45) is 1.72. The normalized spacial score (nSPS) is 12.5. The first-order valence-electron chi connectivity index (χ1n) is 7.77. The molecule has 3 heteroatoms. The molecule has 0 radical (unpaired) electrons. The summed E-state index contributed by atoms with van der Waals surface area (Å²) in [7, 11) is 0. The third-order valence-corrected chi connectivity index (χ3v) is 3.85. The first kappa shape index (κ1) is 16.1. The lowest BCUT2D eigenvalue weighted by Gasteiger charge is -2.08. The molecule has 3 rings (SSSR count). The van der Waals surface area contributed by atoms with Crippen LogP contribution in [0.3, 0.4) is 0 Å². The van der Waals surface area contributed by atoms with E-state index < -0.39 is 11.6 Å². The molecule has 0 aliphatic rings. The third kappa shape index (κ3) is 3.74. The second kappa shape index (κ2) is 7.18. The van der Waals surface area contributed by atoms with Crippen molar-refractivity contribution in [3.63, 3.8) is 0 Å². The zero-order chi connectivity index (χ0) is 16.9. The van der Waals surface area contributed by atoms with Gasteiger partial charge in [-0.3, -0.25) is 4.99 Å². The Hall–Kier alpha value is -2.81. The van der Waals surface area contributed by atoms with Gasteiger partial charge in [0.15, 0.2) is 0 Å². The molecule has 0 aliphatic heterocycles. The Labute approximate surface area is 140 Å². The van der Waals surface area contributed by atoms with Crippen molar-refractivity contribution in [2.24, 2.45) is 4.99 Å². The maximum Gasteiger partial charge on any atom is 0.131 e. The van der Waals surface area contributed by atoms with Crippen LogP contribution in [0, 0.1) is 11.6 Å². The van der Waals surface area contributed by atoms with Crippen LogP contribution in [-0.4, -0.2) is 6.21 Å². The van der Waals surface area contributed by atoms with Crippen LogP contribution in [-0.2, 0) is 0 Å².